The molecule has 0 radical (unpaired) electrons. The summed E-state index contributed by atoms with van der Waals surface area (Å²) in [6.07, 6.45) is 3.10. The molecule has 2 fully saturated rings. The fourth-order valence-corrected chi connectivity index (χ4v) is 5.51. The van der Waals surface area contributed by atoms with Gasteiger partial charge < -0.3 is 14.6 Å². The van der Waals surface area contributed by atoms with Crippen LogP contribution in [0, 0.1) is 0 Å². The van der Waals surface area contributed by atoms with Crippen molar-refractivity contribution in [2.75, 3.05) is 13.1 Å². The Kier molecular flexibility index (Phi) is 5.19. The lowest BCUT2D eigenvalue weighted by molar-refractivity contribution is -0.136. The smallest absolute Gasteiger partial charge is 0.255 e. The number of nitrogens with zero attached hydrogens (tertiary/aromatic N) is 4. The molecule has 9 nitrogen and oxygen atoms in total. The van der Waals surface area contributed by atoms with Crippen molar-refractivity contribution >= 4 is 28.8 Å². The number of aliphatic hydroxyl groups excluding tert-OH is 1. The van der Waals surface area contributed by atoms with Crippen LogP contribution in [-0.4, -0.2) is 67.4 Å². The number of imide groups is 1. The third-order valence-corrected chi connectivity index (χ3v) is 7.38. The average molecular weight is 474 g/mol. The van der Waals surface area contributed by atoms with E-state index in [1.807, 2.05) is 36.0 Å². The van der Waals surface area contributed by atoms with Crippen molar-refractivity contribution in [3.8, 4) is 11.3 Å². The molecule has 0 saturated carbocycles. The highest BCUT2D eigenvalue weighted by atomic mass is 16.3. The summed E-state index contributed by atoms with van der Waals surface area (Å²) in [5.41, 5.74) is 5.22. The Bertz CT molecular complexity index is 1380. The van der Waals surface area contributed by atoms with E-state index >= 15 is 0 Å². The molecule has 2 unspecified atom stereocenters. The van der Waals surface area contributed by atoms with Gasteiger partial charge in [0.15, 0.2) is 0 Å². The van der Waals surface area contributed by atoms with Gasteiger partial charge in [-0.3, -0.25) is 24.6 Å². The third-order valence-electron chi connectivity index (χ3n) is 7.38. The van der Waals surface area contributed by atoms with Gasteiger partial charge in [0.1, 0.15) is 11.7 Å². The summed E-state index contributed by atoms with van der Waals surface area (Å²) in [4.78, 5) is 45.7. The van der Waals surface area contributed by atoms with Crippen LogP contribution in [-0.2, 0) is 29.7 Å². The lowest BCUT2D eigenvalue weighted by atomic mass is 10.0. The summed E-state index contributed by atoms with van der Waals surface area (Å²) in [5, 5.41) is 13.4. The Morgan fingerprint density at radius 2 is 2.00 bits per heavy atom. The van der Waals surface area contributed by atoms with Gasteiger partial charge in [-0.05, 0) is 48.2 Å². The number of pyridine rings is 1. The van der Waals surface area contributed by atoms with Crippen molar-refractivity contribution in [3.05, 3.63) is 53.2 Å². The number of benzene rings is 1. The molecule has 9 heteroatoms. The van der Waals surface area contributed by atoms with Crippen LogP contribution in [0.2, 0.25) is 0 Å². The lowest BCUT2D eigenvalue weighted by Gasteiger charge is -2.29. The first-order valence-corrected chi connectivity index (χ1v) is 12.0. The molecule has 2 aromatic heterocycles. The minimum Gasteiger partial charge on any atom is -0.392 e. The molecular formula is C26H27N5O4. The van der Waals surface area contributed by atoms with E-state index in [0.29, 0.717) is 25.1 Å². The van der Waals surface area contributed by atoms with Crippen LogP contribution in [0.4, 0.5) is 0 Å². The van der Waals surface area contributed by atoms with Crippen LogP contribution < -0.4 is 5.32 Å². The quantitative estimate of drug-likeness (QED) is 0.557. The SMILES string of the molecule is Cn1ccc2c(CN3CCC(O)C3)cc(-c3ccc4c(c3)CN(C3CCC(=O)NC3=O)C4=O)nc21. The number of rotatable bonds is 4. The number of aromatic nitrogens is 2. The van der Waals surface area contributed by atoms with E-state index in [9.17, 15) is 19.5 Å². The number of aliphatic hydroxyl groups is 1. The number of nitrogens with one attached hydrogen (secondary N) is 1. The maximum atomic E-state index is 13.0. The molecule has 180 valence electrons. The summed E-state index contributed by atoms with van der Waals surface area (Å²) in [5.74, 6) is -0.880. The van der Waals surface area contributed by atoms with E-state index < -0.39 is 11.9 Å². The van der Waals surface area contributed by atoms with Crippen LogP contribution in [0.3, 0.4) is 0 Å². The highest BCUT2D eigenvalue weighted by Crippen LogP contribution is 2.32. The Morgan fingerprint density at radius 1 is 1.14 bits per heavy atom. The van der Waals surface area contributed by atoms with E-state index in [4.69, 9.17) is 4.98 Å². The zero-order valence-electron chi connectivity index (χ0n) is 19.5. The monoisotopic (exact) mass is 473 g/mol. The number of β-amino-alcohol motifs (C(OH)–C–C–N with tert-alkyl or cyclic N) is 1. The van der Waals surface area contributed by atoms with Gasteiger partial charge in [-0.1, -0.05) is 6.07 Å². The minimum atomic E-state index is -0.628. The maximum Gasteiger partial charge on any atom is 0.255 e. The number of carbonyl (C=O) groups excluding carboxylic acids is 3. The van der Waals surface area contributed by atoms with Gasteiger partial charge in [-0.15, -0.1) is 0 Å². The topological polar surface area (TPSA) is 108 Å². The molecule has 1 aromatic carbocycles. The largest absolute Gasteiger partial charge is 0.392 e. The molecule has 3 aliphatic rings. The van der Waals surface area contributed by atoms with Crippen molar-refractivity contribution in [3.63, 3.8) is 0 Å². The van der Waals surface area contributed by atoms with Gasteiger partial charge in [-0.2, -0.15) is 0 Å². The summed E-state index contributed by atoms with van der Waals surface area (Å²) >= 11 is 0. The van der Waals surface area contributed by atoms with Crippen molar-refractivity contribution < 1.29 is 19.5 Å². The standard InChI is InChI=1S/C26H27N5O4/c1-29-8-7-19-17(12-30-9-6-18(32)14-30)11-21(27-24(19)29)15-2-3-20-16(10-15)13-31(26(20)35)22-4-5-23(33)28-25(22)34/h2-3,7-8,10-11,18,22,32H,4-6,9,12-14H2,1H3,(H,28,33,34). The van der Waals surface area contributed by atoms with Crippen molar-refractivity contribution in [2.24, 2.45) is 7.05 Å². The zero-order chi connectivity index (χ0) is 24.3. The van der Waals surface area contributed by atoms with Crippen LogP contribution in [0.15, 0.2) is 36.5 Å². The first kappa shape index (κ1) is 21.9. The van der Waals surface area contributed by atoms with Gasteiger partial charge in [-0.25, -0.2) is 4.98 Å². The number of hydrogen-bond acceptors (Lipinski definition) is 6. The van der Waals surface area contributed by atoms with Crippen LogP contribution in [0.5, 0.6) is 0 Å². The van der Waals surface area contributed by atoms with Crippen LogP contribution >= 0.6 is 0 Å². The van der Waals surface area contributed by atoms with Gasteiger partial charge >= 0.3 is 0 Å². The average Bonchev–Trinajstić information content (AvgIpc) is 3.51. The van der Waals surface area contributed by atoms with Crippen molar-refractivity contribution in [1.29, 1.82) is 0 Å². The number of hydrogen-bond donors (Lipinski definition) is 2. The van der Waals surface area contributed by atoms with E-state index in [2.05, 4.69) is 22.3 Å². The Balaban J connectivity index is 1.33. The Morgan fingerprint density at radius 3 is 2.77 bits per heavy atom. The highest BCUT2D eigenvalue weighted by molar-refractivity contribution is 6.05. The first-order chi connectivity index (χ1) is 16.9. The van der Waals surface area contributed by atoms with Gasteiger partial charge in [0, 0.05) is 62.4 Å². The molecule has 0 bridgehead atoms. The van der Waals surface area contributed by atoms with Crippen molar-refractivity contribution in [1.82, 2.24) is 24.7 Å². The predicted molar refractivity (Wildman–Crippen MR) is 128 cm³/mol. The minimum absolute atomic E-state index is 0.180. The molecule has 3 aromatic rings. The molecule has 0 spiro atoms. The molecule has 2 saturated heterocycles. The highest BCUT2D eigenvalue weighted by Gasteiger charge is 2.39. The second-order valence-corrected chi connectivity index (χ2v) is 9.78. The van der Waals surface area contributed by atoms with E-state index in [1.165, 1.54) is 0 Å². The molecule has 3 amide bonds. The molecule has 3 aliphatic heterocycles. The number of carbonyl (C=O) groups is 3. The van der Waals surface area contributed by atoms with E-state index in [-0.39, 0.29) is 24.3 Å². The molecule has 2 atom stereocenters. The first-order valence-electron chi connectivity index (χ1n) is 12.0. The van der Waals surface area contributed by atoms with E-state index in [0.717, 1.165) is 52.9 Å². The fourth-order valence-electron chi connectivity index (χ4n) is 5.51. The number of amides is 3. The third kappa shape index (κ3) is 3.81. The number of piperidine rings is 1. The second kappa shape index (κ2) is 8.28. The number of fused-ring (bicyclic) bond motifs is 2. The van der Waals surface area contributed by atoms with Crippen LogP contribution in [0.25, 0.3) is 22.3 Å². The predicted octanol–water partition coefficient (Wildman–Crippen LogP) is 1.57. The molecule has 0 aliphatic carbocycles. The molecule has 2 N–H and O–H groups in total. The normalized spacial score (nSPS) is 22.8. The fraction of sp³-hybridized carbons (Fsp3) is 0.385. The molecule has 5 heterocycles. The molecular weight excluding hydrogens is 446 g/mol. The lowest BCUT2D eigenvalue weighted by Crippen LogP contribution is -2.52. The Labute approximate surface area is 202 Å². The number of aryl methyl sites for hydroxylation is 1. The summed E-state index contributed by atoms with van der Waals surface area (Å²) in [7, 11) is 1.97. The van der Waals surface area contributed by atoms with Crippen molar-refractivity contribution in [2.45, 2.75) is 44.5 Å². The number of likely N-dealkylation sites (tertiary alicyclic amines) is 1. The molecule has 6 rings (SSSR count). The zero-order valence-corrected chi connectivity index (χ0v) is 19.5. The summed E-state index contributed by atoms with van der Waals surface area (Å²) in [6.45, 7) is 2.60. The van der Waals surface area contributed by atoms with Crippen LogP contribution in [0.1, 0.15) is 40.7 Å². The maximum absolute atomic E-state index is 13.0. The molecule has 35 heavy (non-hydrogen) atoms. The van der Waals surface area contributed by atoms with Gasteiger partial charge in [0.25, 0.3) is 5.91 Å². The van der Waals surface area contributed by atoms with E-state index in [1.54, 1.807) is 4.90 Å². The summed E-state index contributed by atoms with van der Waals surface area (Å²) in [6, 6.07) is 9.25. The Hall–Kier alpha value is -3.56. The van der Waals surface area contributed by atoms with Gasteiger partial charge in [0.2, 0.25) is 11.8 Å². The second-order valence-electron chi connectivity index (χ2n) is 9.78. The summed E-state index contributed by atoms with van der Waals surface area (Å²) < 4.78 is 2.00. The van der Waals surface area contributed by atoms with Gasteiger partial charge in [0.05, 0.1) is 11.8 Å².